The molecule has 2 heterocycles. The summed E-state index contributed by atoms with van der Waals surface area (Å²) in [6, 6.07) is 4.36. The minimum Gasteiger partial charge on any atom is -0.374 e. The van der Waals surface area contributed by atoms with Crippen molar-refractivity contribution >= 4 is 0 Å². The Morgan fingerprint density at radius 2 is 2.25 bits per heavy atom. The number of hydrogen-bond donors (Lipinski definition) is 1. The fourth-order valence-corrected chi connectivity index (χ4v) is 2.32. The van der Waals surface area contributed by atoms with Crippen molar-refractivity contribution in [3.05, 3.63) is 30.1 Å². The van der Waals surface area contributed by atoms with Gasteiger partial charge in [-0.25, -0.2) is 0 Å². The predicted octanol–water partition coefficient (Wildman–Crippen LogP) is 0.802. The molecule has 1 aromatic heterocycles. The second-order valence-corrected chi connectivity index (χ2v) is 4.00. The number of pyridine rings is 1. The monoisotopic (exact) mass is 221 g/mol. The van der Waals surface area contributed by atoms with Crippen LogP contribution in [0.2, 0.25) is 0 Å². The van der Waals surface area contributed by atoms with Gasteiger partial charge in [0.2, 0.25) is 0 Å². The fraction of sp³-hybridized carbons (Fsp3) is 0.583. The van der Waals surface area contributed by atoms with Gasteiger partial charge >= 0.3 is 0 Å². The predicted molar refractivity (Wildman–Crippen MR) is 63.0 cm³/mol. The van der Waals surface area contributed by atoms with E-state index in [1.165, 1.54) is 5.56 Å². The Kier molecular flexibility index (Phi) is 3.88. The van der Waals surface area contributed by atoms with Gasteiger partial charge in [0, 0.05) is 25.5 Å². The van der Waals surface area contributed by atoms with E-state index in [9.17, 15) is 0 Å². The van der Waals surface area contributed by atoms with Crippen molar-refractivity contribution in [3.63, 3.8) is 0 Å². The third-order valence-corrected chi connectivity index (χ3v) is 3.14. The normalized spacial score (nSPS) is 26.9. The molecule has 2 N–H and O–H groups in total. The summed E-state index contributed by atoms with van der Waals surface area (Å²) in [5.41, 5.74) is 7.02. The molecule has 1 saturated heterocycles. The van der Waals surface area contributed by atoms with E-state index in [1.807, 2.05) is 24.5 Å². The van der Waals surface area contributed by atoms with Crippen LogP contribution in [-0.2, 0) is 4.74 Å². The number of likely N-dealkylation sites (N-methyl/N-ethyl adjacent to an activating group) is 1. The molecule has 0 aromatic carbocycles. The van der Waals surface area contributed by atoms with Crippen LogP contribution in [0.15, 0.2) is 24.5 Å². The SMILES string of the molecule is CCN1CCOC(CN)C1c1ccncc1. The molecule has 0 amide bonds. The molecule has 16 heavy (non-hydrogen) atoms. The van der Waals surface area contributed by atoms with E-state index in [0.29, 0.717) is 6.54 Å². The third-order valence-electron chi connectivity index (χ3n) is 3.14. The Morgan fingerprint density at radius 1 is 1.50 bits per heavy atom. The highest BCUT2D eigenvalue weighted by Crippen LogP contribution is 2.28. The Balaban J connectivity index is 2.24. The summed E-state index contributed by atoms with van der Waals surface area (Å²) in [7, 11) is 0. The molecule has 1 aliphatic heterocycles. The second kappa shape index (κ2) is 5.39. The summed E-state index contributed by atoms with van der Waals surface area (Å²) in [5.74, 6) is 0. The molecule has 2 rings (SSSR count). The average molecular weight is 221 g/mol. The molecule has 1 aromatic rings. The van der Waals surface area contributed by atoms with E-state index in [0.717, 1.165) is 19.7 Å². The highest BCUT2D eigenvalue weighted by molar-refractivity contribution is 5.17. The van der Waals surface area contributed by atoms with Gasteiger partial charge in [-0.1, -0.05) is 6.92 Å². The number of hydrogen-bond acceptors (Lipinski definition) is 4. The van der Waals surface area contributed by atoms with Crippen LogP contribution in [0.4, 0.5) is 0 Å². The molecule has 0 radical (unpaired) electrons. The van der Waals surface area contributed by atoms with Gasteiger partial charge in [0.05, 0.1) is 18.8 Å². The molecule has 1 fully saturated rings. The van der Waals surface area contributed by atoms with E-state index in [-0.39, 0.29) is 12.1 Å². The van der Waals surface area contributed by atoms with Gasteiger partial charge in [-0.05, 0) is 24.2 Å². The van der Waals surface area contributed by atoms with Crippen LogP contribution in [0.25, 0.3) is 0 Å². The molecule has 2 atom stereocenters. The van der Waals surface area contributed by atoms with Crippen molar-refractivity contribution in [1.29, 1.82) is 0 Å². The quantitative estimate of drug-likeness (QED) is 0.820. The second-order valence-electron chi connectivity index (χ2n) is 4.00. The summed E-state index contributed by atoms with van der Waals surface area (Å²) in [4.78, 5) is 6.46. The number of rotatable bonds is 3. The minimum absolute atomic E-state index is 0.0936. The average Bonchev–Trinajstić information content (AvgIpc) is 2.38. The molecule has 0 bridgehead atoms. The van der Waals surface area contributed by atoms with Crippen molar-refractivity contribution < 1.29 is 4.74 Å². The first-order valence-electron chi connectivity index (χ1n) is 5.82. The largest absolute Gasteiger partial charge is 0.374 e. The lowest BCUT2D eigenvalue weighted by molar-refractivity contribution is -0.0658. The molecule has 1 aliphatic rings. The summed E-state index contributed by atoms with van der Waals surface area (Å²) in [5, 5.41) is 0. The fourth-order valence-electron chi connectivity index (χ4n) is 2.32. The summed E-state index contributed by atoms with van der Waals surface area (Å²) >= 11 is 0. The Bertz CT molecular complexity index is 305. The molecule has 2 unspecified atom stereocenters. The molecule has 0 saturated carbocycles. The van der Waals surface area contributed by atoms with Gasteiger partial charge in [-0.2, -0.15) is 0 Å². The van der Waals surface area contributed by atoms with Gasteiger partial charge in [0.15, 0.2) is 0 Å². The standard InChI is InChI=1S/C12H19N3O/c1-2-15-7-8-16-11(9-13)12(15)10-3-5-14-6-4-10/h3-6,11-12H,2,7-9,13H2,1H3. The van der Waals surface area contributed by atoms with E-state index in [4.69, 9.17) is 10.5 Å². The lowest BCUT2D eigenvalue weighted by Crippen LogP contribution is -2.48. The first kappa shape index (κ1) is 11.5. The maximum Gasteiger partial charge on any atom is 0.0894 e. The van der Waals surface area contributed by atoms with Gasteiger partial charge < -0.3 is 10.5 Å². The zero-order chi connectivity index (χ0) is 11.4. The topological polar surface area (TPSA) is 51.4 Å². The van der Waals surface area contributed by atoms with Crippen LogP contribution >= 0.6 is 0 Å². The lowest BCUT2D eigenvalue weighted by atomic mass is 9.99. The summed E-state index contributed by atoms with van der Waals surface area (Å²) in [6.07, 6.45) is 3.74. The Hall–Kier alpha value is -0.970. The highest BCUT2D eigenvalue weighted by atomic mass is 16.5. The minimum atomic E-state index is 0.0936. The molecule has 4 nitrogen and oxygen atoms in total. The van der Waals surface area contributed by atoms with Crippen LogP contribution in [-0.4, -0.2) is 42.2 Å². The van der Waals surface area contributed by atoms with Gasteiger partial charge in [-0.15, -0.1) is 0 Å². The number of ether oxygens (including phenoxy) is 1. The molecular formula is C12H19N3O. The van der Waals surface area contributed by atoms with Crippen molar-refractivity contribution in [2.75, 3.05) is 26.2 Å². The van der Waals surface area contributed by atoms with Crippen molar-refractivity contribution in [1.82, 2.24) is 9.88 Å². The molecular weight excluding hydrogens is 202 g/mol. The van der Waals surface area contributed by atoms with Crippen LogP contribution in [0, 0.1) is 0 Å². The van der Waals surface area contributed by atoms with E-state index in [2.05, 4.69) is 16.8 Å². The van der Waals surface area contributed by atoms with E-state index >= 15 is 0 Å². The maximum absolute atomic E-state index is 5.78. The number of aromatic nitrogens is 1. The number of morpholine rings is 1. The maximum atomic E-state index is 5.78. The molecule has 0 aliphatic carbocycles. The van der Waals surface area contributed by atoms with Gasteiger partial charge in [-0.3, -0.25) is 9.88 Å². The highest BCUT2D eigenvalue weighted by Gasteiger charge is 2.31. The number of nitrogens with two attached hydrogens (primary N) is 1. The first-order valence-corrected chi connectivity index (χ1v) is 5.82. The molecule has 0 spiro atoms. The number of nitrogens with zero attached hydrogens (tertiary/aromatic N) is 2. The van der Waals surface area contributed by atoms with Crippen LogP contribution in [0.1, 0.15) is 18.5 Å². The Morgan fingerprint density at radius 3 is 2.88 bits per heavy atom. The molecule has 88 valence electrons. The van der Waals surface area contributed by atoms with Crippen LogP contribution in [0.3, 0.4) is 0 Å². The van der Waals surface area contributed by atoms with Crippen molar-refractivity contribution in [2.24, 2.45) is 5.73 Å². The van der Waals surface area contributed by atoms with Crippen LogP contribution < -0.4 is 5.73 Å². The molecule has 4 heteroatoms. The third kappa shape index (κ3) is 2.24. The Labute approximate surface area is 96.4 Å². The van der Waals surface area contributed by atoms with Crippen LogP contribution in [0.5, 0.6) is 0 Å². The van der Waals surface area contributed by atoms with Gasteiger partial charge in [0.1, 0.15) is 0 Å². The lowest BCUT2D eigenvalue weighted by Gasteiger charge is -2.40. The van der Waals surface area contributed by atoms with E-state index < -0.39 is 0 Å². The summed E-state index contributed by atoms with van der Waals surface area (Å²) in [6.45, 7) is 5.50. The van der Waals surface area contributed by atoms with Crippen molar-refractivity contribution in [3.8, 4) is 0 Å². The zero-order valence-corrected chi connectivity index (χ0v) is 9.67. The van der Waals surface area contributed by atoms with Gasteiger partial charge in [0.25, 0.3) is 0 Å². The van der Waals surface area contributed by atoms with Crippen molar-refractivity contribution in [2.45, 2.75) is 19.1 Å². The summed E-state index contributed by atoms with van der Waals surface area (Å²) < 4.78 is 5.74. The zero-order valence-electron chi connectivity index (χ0n) is 9.67. The smallest absolute Gasteiger partial charge is 0.0894 e. The first-order chi connectivity index (χ1) is 7.86. The van der Waals surface area contributed by atoms with E-state index in [1.54, 1.807) is 0 Å².